The van der Waals surface area contributed by atoms with E-state index in [-0.39, 0.29) is 12.1 Å². The number of anilines is 1. The first-order valence-electron chi connectivity index (χ1n) is 6.21. The van der Waals surface area contributed by atoms with E-state index in [0.29, 0.717) is 16.5 Å². The number of nitrogens with one attached hydrogen (secondary N) is 1. The summed E-state index contributed by atoms with van der Waals surface area (Å²) >= 11 is 5.90. The molecule has 0 radical (unpaired) electrons. The van der Waals surface area contributed by atoms with Crippen LogP contribution in [0.2, 0.25) is 5.02 Å². The minimum atomic E-state index is -1.10. The Balaban J connectivity index is 2.05. The van der Waals surface area contributed by atoms with Gasteiger partial charge in [-0.1, -0.05) is 17.7 Å². The smallest absolute Gasteiger partial charge is 0.139 e. The van der Waals surface area contributed by atoms with E-state index in [1.807, 2.05) is 0 Å². The molecule has 0 saturated heterocycles. The van der Waals surface area contributed by atoms with Gasteiger partial charge in [0, 0.05) is 29.9 Å². The van der Waals surface area contributed by atoms with Gasteiger partial charge in [-0.05, 0) is 18.2 Å². The molecule has 0 spiro atoms. The Bertz CT molecular complexity index is 637. The molecule has 112 valence electrons. The molecule has 2 rings (SSSR count). The fraction of sp³-hybridized carbons (Fsp3) is 0.200. The van der Waals surface area contributed by atoms with Crippen LogP contribution in [-0.2, 0) is 0 Å². The van der Waals surface area contributed by atoms with Crippen molar-refractivity contribution in [1.29, 1.82) is 0 Å². The number of halogens is 3. The Kier molecular flexibility index (Phi) is 4.98. The Labute approximate surface area is 126 Å². The Morgan fingerprint density at radius 3 is 2.67 bits per heavy atom. The highest BCUT2D eigenvalue weighted by atomic mass is 35.5. The van der Waals surface area contributed by atoms with Gasteiger partial charge in [-0.2, -0.15) is 0 Å². The normalized spacial score (nSPS) is 12.0. The van der Waals surface area contributed by atoms with E-state index in [9.17, 15) is 13.9 Å². The van der Waals surface area contributed by atoms with E-state index < -0.39 is 17.7 Å². The van der Waals surface area contributed by atoms with E-state index in [4.69, 9.17) is 16.3 Å². The number of hydrogen-bond acceptors (Lipinski definition) is 3. The second kappa shape index (κ2) is 6.74. The first-order chi connectivity index (χ1) is 10.0. The quantitative estimate of drug-likeness (QED) is 0.883. The van der Waals surface area contributed by atoms with Crippen LogP contribution in [0, 0.1) is 11.6 Å². The summed E-state index contributed by atoms with van der Waals surface area (Å²) in [5, 5.41) is 13.4. The van der Waals surface area contributed by atoms with Crippen LogP contribution in [0.4, 0.5) is 14.5 Å². The molecule has 0 aliphatic heterocycles. The summed E-state index contributed by atoms with van der Waals surface area (Å²) in [6.07, 6.45) is -1.10. The van der Waals surface area contributed by atoms with Gasteiger partial charge in [0.2, 0.25) is 0 Å². The molecule has 2 aromatic rings. The van der Waals surface area contributed by atoms with Crippen molar-refractivity contribution in [2.75, 3.05) is 19.0 Å². The largest absolute Gasteiger partial charge is 0.495 e. The van der Waals surface area contributed by atoms with Gasteiger partial charge in [0.25, 0.3) is 0 Å². The Morgan fingerprint density at radius 1 is 1.24 bits per heavy atom. The van der Waals surface area contributed by atoms with Gasteiger partial charge < -0.3 is 15.2 Å². The highest BCUT2D eigenvalue weighted by molar-refractivity contribution is 6.32. The molecule has 0 aliphatic carbocycles. The second-order valence-corrected chi connectivity index (χ2v) is 4.82. The number of benzene rings is 2. The number of aliphatic hydroxyl groups excluding tert-OH is 1. The summed E-state index contributed by atoms with van der Waals surface area (Å²) < 4.78 is 31.4. The van der Waals surface area contributed by atoms with Gasteiger partial charge in [-0.25, -0.2) is 8.78 Å². The molecule has 1 atom stereocenters. The number of ether oxygens (including phenoxy) is 1. The highest BCUT2D eigenvalue weighted by Crippen LogP contribution is 2.28. The van der Waals surface area contributed by atoms with Crippen LogP contribution >= 0.6 is 11.6 Å². The average molecular weight is 314 g/mol. The van der Waals surface area contributed by atoms with Gasteiger partial charge >= 0.3 is 0 Å². The van der Waals surface area contributed by atoms with Crippen molar-refractivity contribution in [2.24, 2.45) is 0 Å². The van der Waals surface area contributed by atoms with Crippen molar-refractivity contribution in [2.45, 2.75) is 6.10 Å². The molecule has 2 N–H and O–H groups in total. The third-order valence-electron chi connectivity index (χ3n) is 2.97. The molecule has 21 heavy (non-hydrogen) atoms. The fourth-order valence-corrected chi connectivity index (χ4v) is 2.06. The molecule has 1 unspecified atom stereocenters. The summed E-state index contributed by atoms with van der Waals surface area (Å²) in [5.41, 5.74) is 0.697. The van der Waals surface area contributed by atoms with Gasteiger partial charge in [-0.15, -0.1) is 0 Å². The Hall–Kier alpha value is -1.85. The van der Waals surface area contributed by atoms with Crippen molar-refractivity contribution >= 4 is 17.3 Å². The molecule has 0 aliphatic rings. The maximum atomic E-state index is 13.5. The molecule has 3 nitrogen and oxygen atoms in total. The molecule has 0 amide bonds. The van der Waals surface area contributed by atoms with Gasteiger partial charge in [0.05, 0.1) is 18.2 Å². The van der Waals surface area contributed by atoms with E-state index in [2.05, 4.69) is 5.32 Å². The van der Waals surface area contributed by atoms with Crippen molar-refractivity contribution < 1.29 is 18.6 Å². The van der Waals surface area contributed by atoms with Crippen LogP contribution in [0.3, 0.4) is 0 Å². The van der Waals surface area contributed by atoms with Crippen LogP contribution in [0.1, 0.15) is 11.7 Å². The number of rotatable bonds is 5. The average Bonchev–Trinajstić information content (AvgIpc) is 2.46. The lowest BCUT2D eigenvalue weighted by molar-refractivity contribution is 0.186. The van der Waals surface area contributed by atoms with Crippen molar-refractivity contribution in [3.63, 3.8) is 0 Å². The summed E-state index contributed by atoms with van der Waals surface area (Å²) in [4.78, 5) is 0. The highest BCUT2D eigenvalue weighted by Gasteiger charge is 2.13. The topological polar surface area (TPSA) is 41.5 Å². The summed E-state index contributed by atoms with van der Waals surface area (Å²) in [6.45, 7) is 0.0628. The van der Waals surface area contributed by atoms with Crippen LogP contribution in [0.15, 0.2) is 36.4 Å². The van der Waals surface area contributed by atoms with E-state index in [1.54, 1.807) is 18.2 Å². The zero-order valence-corrected chi connectivity index (χ0v) is 12.0. The first-order valence-corrected chi connectivity index (χ1v) is 6.59. The minimum Gasteiger partial charge on any atom is -0.495 e. The zero-order valence-electron chi connectivity index (χ0n) is 11.2. The molecular formula is C15H14ClF2NO2. The predicted molar refractivity (Wildman–Crippen MR) is 77.8 cm³/mol. The second-order valence-electron chi connectivity index (χ2n) is 4.41. The van der Waals surface area contributed by atoms with Crippen molar-refractivity contribution in [1.82, 2.24) is 0 Å². The van der Waals surface area contributed by atoms with Gasteiger partial charge in [0.15, 0.2) is 0 Å². The fourth-order valence-electron chi connectivity index (χ4n) is 1.87. The first kappa shape index (κ1) is 15.5. The maximum Gasteiger partial charge on any atom is 0.139 e. The van der Waals surface area contributed by atoms with E-state index >= 15 is 0 Å². The molecule has 0 fully saturated rings. The van der Waals surface area contributed by atoms with Gasteiger partial charge in [-0.3, -0.25) is 0 Å². The minimum absolute atomic E-state index is 0.0322. The SMILES string of the molecule is COc1cc(NCC(O)c2ccc(F)cc2F)ccc1Cl. The molecule has 0 heterocycles. The lowest BCUT2D eigenvalue weighted by Crippen LogP contribution is -2.13. The molecule has 0 aromatic heterocycles. The number of aliphatic hydroxyl groups is 1. The van der Waals surface area contributed by atoms with Crippen LogP contribution in [-0.4, -0.2) is 18.8 Å². The molecule has 0 saturated carbocycles. The maximum absolute atomic E-state index is 13.5. The zero-order chi connectivity index (χ0) is 15.4. The summed E-state index contributed by atoms with van der Waals surface area (Å²) in [5.74, 6) is -0.971. The van der Waals surface area contributed by atoms with Crippen molar-refractivity contribution in [3.8, 4) is 5.75 Å². The molecule has 0 bridgehead atoms. The third kappa shape index (κ3) is 3.83. The lowest BCUT2D eigenvalue weighted by Gasteiger charge is -2.15. The summed E-state index contributed by atoms with van der Waals surface area (Å²) in [7, 11) is 1.49. The van der Waals surface area contributed by atoms with Crippen LogP contribution in [0.25, 0.3) is 0 Å². The molecule has 2 aromatic carbocycles. The standard InChI is InChI=1S/C15H14ClF2NO2/c1-21-15-7-10(3-5-12(15)16)19-8-14(20)11-4-2-9(17)6-13(11)18/h2-7,14,19-20H,8H2,1H3. The van der Waals surface area contributed by atoms with Crippen molar-refractivity contribution in [3.05, 3.63) is 58.6 Å². The third-order valence-corrected chi connectivity index (χ3v) is 3.28. The van der Waals surface area contributed by atoms with E-state index in [1.165, 1.54) is 13.2 Å². The predicted octanol–water partition coefficient (Wildman–Crippen LogP) is 3.77. The number of hydrogen-bond donors (Lipinski definition) is 2. The lowest BCUT2D eigenvalue weighted by atomic mass is 10.1. The van der Waals surface area contributed by atoms with Crippen LogP contribution in [0.5, 0.6) is 5.75 Å². The molecular weight excluding hydrogens is 300 g/mol. The van der Waals surface area contributed by atoms with E-state index in [0.717, 1.165) is 12.1 Å². The van der Waals surface area contributed by atoms with Gasteiger partial charge in [0.1, 0.15) is 17.4 Å². The Morgan fingerprint density at radius 2 is 2.00 bits per heavy atom. The number of methoxy groups -OCH3 is 1. The molecule has 6 heteroatoms. The monoisotopic (exact) mass is 313 g/mol. The summed E-state index contributed by atoms with van der Waals surface area (Å²) in [6, 6.07) is 8.08. The van der Waals surface area contributed by atoms with Crippen LogP contribution < -0.4 is 10.1 Å².